The number of nitrogen functional groups attached to an aromatic ring is 1. The van der Waals surface area contributed by atoms with Crippen molar-refractivity contribution in [2.75, 3.05) is 23.0 Å². The summed E-state index contributed by atoms with van der Waals surface area (Å²) in [6.45, 7) is 11.6. The van der Waals surface area contributed by atoms with Crippen LogP contribution < -0.4 is 16.4 Å². The van der Waals surface area contributed by atoms with E-state index in [0.717, 1.165) is 6.42 Å². The molecule has 3 rings (SSSR count). The van der Waals surface area contributed by atoms with Crippen molar-refractivity contribution >= 4 is 43.8 Å². The summed E-state index contributed by atoms with van der Waals surface area (Å²) in [7, 11) is -1.89. The molecular weight excluding hydrogens is 401 g/mol. The Morgan fingerprint density at radius 1 is 1.39 bits per heavy atom. The van der Waals surface area contributed by atoms with Crippen LogP contribution in [0.25, 0.3) is 0 Å². The van der Waals surface area contributed by atoms with Crippen LogP contribution in [0.5, 0.6) is 0 Å². The number of nitrogens with two attached hydrogens (primary N) is 1. The zero-order valence-electron chi connectivity index (χ0n) is 17.0. The molecule has 0 saturated heterocycles. The second-order valence-corrected chi connectivity index (χ2v) is 14.6. The van der Waals surface area contributed by atoms with Crippen molar-refractivity contribution in [2.45, 2.75) is 64.0 Å². The third-order valence-electron chi connectivity index (χ3n) is 6.59. The van der Waals surface area contributed by atoms with E-state index < -0.39 is 20.5 Å². The number of hydrogen-bond donors (Lipinski definition) is 3. The van der Waals surface area contributed by atoms with Gasteiger partial charge < -0.3 is 20.8 Å². The third kappa shape index (κ3) is 3.84. The lowest BCUT2D eigenvalue weighted by Crippen LogP contribution is -2.42. The fraction of sp³-hybridized carbons (Fsp3) is 0.722. The van der Waals surface area contributed by atoms with Crippen molar-refractivity contribution in [2.24, 2.45) is 11.3 Å². The maximum absolute atomic E-state index is 14.9. The summed E-state index contributed by atoms with van der Waals surface area (Å²) >= 11 is 6.05. The Kier molecular flexibility index (Phi) is 5.39. The van der Waals surface area contributed by atoms with E-state index in [9.17, 15) is 9.18 Å². The molecule has 1 heterocycles. The Bertz CT molecular complexity index is 775. The molecule has 1 aromatic rings. The predicted molar refractivity (Wildman–Crippen MR) is 112 cm³/mol. The first-order valence-electron chi connectivity index (χ1n) is 9.48. The highest BCUT2D eigenvalue weighted by atomic mass is 35.5. The van der Waals surface area contributed by atoms with Crippen molar-refractivity contribution < 1.29 is 13.6 Å². The van der Waals surface area contributed by atoms with Crippen LogP contribution in [-0.4, -0.2) is 43.5 Å². The van der Waals surface area contributed by atoms with Gasteiger partial charge in [0.25, 0.3) is 0 Å². The average molecular weight is 430 g/mol. The standard InChI is InChI=1S/C18H29ClFN5O2Si/c1-17(2,3)28(4,5)27-8-18-6-10(18)12(11(20)7-18)23-15-13(22-9-26)14(19)24-16(21)25-15/h9-12H,6-8H2,1-5H3,(H,22,26)(H3,21,23,24,25)/t10-,11-,12-,18+/m1/s1. The van der Waals surface area contributed by atoms with Crippen LogP contribution in [0.2, 0.25) is 23.3 Å². The van der Waals surface area contributed by atoms with E-state index in [1.807, 2.05) is 0 Å². The van der Waals surface area contributed by atoms with E-state index >= 15 is 0 Å². The molecule has 0 unspecified atom stereocenters. The van der Waals surface area contributed by atoms with Crippen LogP contribution in [0.15, 0.2) is 0 Å². The van der Waals surface area contributed by atoms with Crippen LogP contribution in [0, 0.1) is 11.3 Å². The van der Waals surface area contributed by atoms with Crippen LogP contribution in [-0.2, 0) is 9.22 Å². The molecule has 4 atom stereocenters. The summed E-state index contributed by atoms with van der Waals surface area (Å²) < 4.78 is 21.3. The number of fused-ring (bicyclic) bond motifs is 1. The number of alkyl halides is 1. The van der Waals surface area contributed by atoms with Gasteiger partial charge in [0.1, 0.15) is 11.9 Å². The number of hydrogen-bond acceptors (Lipinski definition) is 6. The molecule has 0 radical (unpaired) electrons. The van der Waals surface area contributed by atoms with Crippen molar-refractivity contribution in [1.29, 1.82) is 0 Å². The maximum atomic E-state index is 14.9. The van der Waals surface area contributed by atoms with E-state index in [1.54, 1.807) is 0 Å². The lowest BCUT2D eigenvalue weighted by atomic mass is 10.1. The van der Waals surface area contributed by atoms with Gasteiger partial charge >= 0.3 is 0 Å². The van der Waals surface area contributed by atoms with Crippen molar-refractivity contribution in [3.63, 3.8) is 0 Å². The molecule has 10 heteroatoms. The van der Waals surface area contributed by atoms with E-state index in [4.69, 9.17) is 21.8 Å². The van der Waals surface area contributed by atoms with E-state index in [1.165, 1.54) is 0 Å². The summed E-state index contributed by atoms with van der Waals surface area (Å²) in [6.07, 6.45) is 0.794. The second kappa shape index (κ2) is 7.10. The normalized spacial score (nSPS) is 29.3. The Hall–Kier alpha value is -1.45. The van der Waals surface area contributed by atoms with Gasteiger partial charge in [0, 0.05) is 12.0 Å². The molecule has 0 spiro atoms. The highest BCUT2D eigenvalue weighted by Gasteiger charge is 2.66. The van der Waals surface area contributed by atoms with Gasteiger partial charge in [-0.3, -0.25) is 4.79 Å². The number of halogens is 2. The number of rotatable bonds is 7. The molecule has 7 nitrogen and oxygen atoms in total. The average Bonchev–Trinajstić information content (AvgIpc) is 3.19. The molecule has 0 aromatic carbocycles. The van der Waals surface area contributed by atoms with Crippen LogP contribution in [0.4, 0.5) is 21.8 Å². The first-order chi connectivity index (χ1) is 12.9. The summed E-state index contributed by atoms with van der Waals surface area (Å²) in [5, 5.41) is 5.70. The summed E-state index contributed by atoms with van der Waals surface area (Å²) in [5.41, 5.74) is 5.74. The minimum absolute atomic E-state index is 0.0128. The SMILES string of the molecule is CC(C)(C)[Si](C)(C)OC[C@]12C[C@@H](F)[C@H](Nc3nc(N)nc(Cl)c3NC=O)[C@H]1C2. The van der Waals surface area contributed by atoms with Crippen molar-refractivity contribution in [3.05, 3.63) is 5.15 Å². The Morgan fingerprint density at radius 3 is 2.68 bits per heavy atom. The van der Waals surface area contributed by atoms with Crippen LogP contribution in [0.3, 0.4) is 0 Å². The number of amides is 1. The van der Waals surface area contributed by atoms with E-state index in [-0.39, 0.29) is 39.0 Å². The second-order valence-electron chi connectivity index (χ2n) is 9.47. The lowest BCUT2D eigenvalue weighted by Gasteiger charge is -2.37. The summed E-state index contributed by atoms with van der Waals surface area (Å²) in [4.78, 5) is 18.8. The fourth-order valence-corrected chi connectivity index (χ4v) is 5.06. The van der Waals surface area contributed by atoms with E-state index in [2.05, 4.69) is 54.5 Å². The number of nitrogens with zero attached hydrogens (tertiary/aromatic N) is 2. The minimum atomic E-state index is -1.89. The van der Waals surface area contributed by atoms with Crippen LogP contribution >= 0.6 is 11.6 Å². The van der Waals surface area contributed by atoms with Gasteiger partial charge in [-0.1, -0.05) is 32.4 Å². The molecule has 2 aliphatic rings. The third-order valence-corrected chi connectivity index (χ3v) is 11.3. The molecule has 1 amide bonds. The molecule has 2 saturated carbocycles. The molecule has 0 bridgehead atoms. The molecule has 1 aromatic heterocycles. The van der Waals surface area contributed by atoms with Gasteiger partial charge in [-0.05, 0) is 36.9 Å². The fourth-order valence-electron chi connectivity index (χ4n) is 3.74. The molecule has 0 aliphatic heterocycles. The monoisotopic (exact) mass is 429 g/mol. The zero-order valence-corrected chi connectivity index (χ0v) is 18.7. The predicted octanol–water partition coefficient (Wildman–Crippen LogP) is 3.83. The number of carbonyl (C=O) groups is 1. The number of carbonyl (C=O) groups excluding carboxylic acids is 1. The smallest absolute Gasteiger partial charge is 0.223 e. The number of anilines is 3. The topological polar surface area (TPSA) is 102 Å². The molecule has 28 heavy (non-hydrogen) atoms. The number of aromatic nitrogens is 2. The van der Waals surface area contributed by atoms with Gasteiger partial charge in [-0.2, -0.15) is 9.97 Å². The first-order valence-corrected chi connectivity index (χ1v) is 12.8. The van der Waals surface area contributed by atoms with Gasteiger partial charge in [0.05, 0.1) is 6.04 Å². The Labute approximate surface area is 171 Å². The molecule has 156 valence electrons. The number of nitrogens with one attached hydrogen (secondary N) is 2. The van der Waals surface area contributed by atoms with E-state index in [0.29, 0.717) is 19.4 Å². The quantitative estimate of drug-likeness (QED) is 0.346. The lowest BCUT2D eigenvalue weighted by molar-refractivity contribution is -0.105. The zero-order chi connectivity index (χ0) is 20.9. The van der Waals surface area contributed by atoms with Gasteiger partial charge in [0.2, 0.25) is 12.4 Å². The molecule has 2 fully saturated rings. The largest absolute Gasteiger partial charge is 0.416 e. The van der Waals surface area contributed by atoms with Crippen LogP contribution in [0.1, 0.15) is 33.6 Å². The van der Waals surface area contributed by atoms with Gasteiger partial charge in [-0.25, -0.2) is 4.39 Å². The molecule has 4 N–H and O–H groups in total. The minimum Gasteiger partial charge on any atom is -0.416 e. The highest BCUT2D eigenvalue weighted by Crippen LogP contribution is 2.65. The van der Waals surface area contributed by atoms with Gasteiger partial charge in [-0.15, -0.1) is 0 Å². The first kappa shape index (κ1) is 21.3. The molecule has 2 aliphatic carbocycles. The maximum Gasteiger partial charge on any atom is 0.223 e. The Balaban J connectivity index is 1.73. The highest BCUT2D eigenvalue weighted by molar-refractivity contribution is 6.74. The van der Waals surface area contributed by atoms with Gasteiger partial charge in [0.15, 0.2) is 19.3 Å². The van der Waals surface area contributed by atoms with Crippen molar-refractivity contribution in [1.82, 2.24) is 9.97 Å². The summed E-state index contributed by atoms with van der Waals surface area (Å²) in [6, 6.07) is -0.430. The Morgan fingerprint density at radius 2 is 2.07 bits per heavy atom. The summed E-state index contributed by atoms with van der Waals surface area (Å²) in [5.74, 6) is 0.345. The molecular formula is C18H29ClFN5O2Si. The van der Waals surface area contributed by atoms with Crippen molar-refractivity contribution in [3.8, 4) is 0 Å².